The van der Waals surface area contributed by atoms with Crippen molar-refractivity contribution in [1.29, 1.82) is 0 Å². The van der Waals surface area contributed by atoms with Gasteiger partial charge in [-0.05, 0) is 66.3 Å². The van der Waals surface area contributed by atoms with E-state index in [2.05, 4.69) is 18.2 Å². The molecule has 1 heterocycles. The number of rotatable bonds is 13. The van der Waals surface area contributed by atoms with Gasteiger partial charge in [0.2, 0.25) is 0 Å². The minimum atomic E-state index is -4.54. The van der Waals surface area contributed by atoms with Crippen LogP contribution in [0.4, 0.5) is 30.7 Å². The van der Waals surface area contributed by atoms with Gasteiger partial charge in [0.05, 0.1) is 13.2 Å². The van der Waals surface area contributed by atoms with Crippen molar-refractivity contribution in [3.63, 3.8) is 0 Å². The first-order valence-electron chi connectivity index (χ1n) is 15.4. The number of allylic oxidation sites excluding steroid dienone is 1. The maximum absolute atomic E-state index is 15.3. The van der Waals surface area contributed by atoms with E-state index in [1.54, 1.807) is 12.1 Å². The fourth-order valence-corrected chi connectivity index (χ4v) is 5.26. The normalized spacial score (nSPS) is 16.6. The van der Waals surface area contributed by atoms with E-state index in [1.807, 2.05) is 0 Å². The molecule has 0 amide bonds. The molecule has 0 unspecified atom stereocenters. The molecule has 1 saturated heterocycles. The second kappa shape index (κ2) is 15.4. The largest absolute Gasteiger partial charge is 0.432 e. The van der Waals surface area contributed by atoms with Crippen molar-refractivity contribution in [3.05, 3.63) is 125 Å². The average molecular weight is 675 g/mol. The highest BCUT2D eigenvalue weighted by Gasteiger charge is 2.41. The van der Waals surface area contributed by atoms with Crippen molar-refractivity contribution in [2.24, 2.45) is 0 Å². The summed E-state index contributed by atoms with van der Waals surface area (Å²) in [6, 6.07) is 11.7. The lowest BCUT2D eigenvalue weighted by Crippen LogP contribution is -2.33. The molecule has 5 rings (SSSR count). The third-order valence-corrected chi connectivity index (χ3v) is 7.80. The Hall–Kier alpha value is -4.19. The van der Waals surface area contributed by atoms with Crippen LogP contribution in [0.3, 0.4) is 0 Å². The summed E-state index contributed by atoms with van der Waals surface area (Å²) in [4.78, 5) is 0. The molecule has 48 heavy (non-hydrogen) atoms. The molecule has 11 heteroatoms. The Morgan fingerprint density at radius 2 is 1.44 bits per heavy atom. The van der Waals surface area contributed by atoms with Crippen molar-refractivity contribution in [2.75, 3.05) is 19.8 Å². The van der Waals surface area contributed by atoms with Gasteiger partial charge in [-0.25, -0.2) is 22.0 Å². The zero-order valence-electron chi connectivity index (χ0n) is 26.0. The minimum absolute atomic E-state index is 0.0375. The first kappa shape index (κ1) is 35.1. The lowest BCUT2D eigenvalue weighted by molar-refractivity contribution is -0.230. The Labute approximate surface area is 273 Å². The number of ether oxygens (including phenoxy) is 4. The second-order valence-corrected chi connectivity index (χ2v) is 11.3. The third kappa shape index (κ3) is 8.08. The number of alkyl halides is 2. The Kier molecular flexibility index (Phi) is 11.2. The van der Waals surface area contributed by atoms with Crippen LogP contribution in [0.5, 0.6) is 5.75 Å². The maximum Gasteiger partial charge on any atom is 0.432 e. The standard InChI is InChI=1S/C37H33F7O4/c1-3-5-7-22-8-11-26(19-30(22)38)48-37(43,44)35-33(41)17-25(18-34(35)42)29-12-9-23(15-31(29)39)28-13-10-24(16-32(28)40)36-46-20-27(21-47-36)45-14-6-4-2/h3,8-13,15-19,27,36H,1,4-7,14,20-21H2,2H3. The van der Waals surface area contributed by atoms with Crippen LogP contribution in [0, 0.1) is 29.1 Å². The zero-order valence-corrected chi connectivity index (χ0v) is 26.0. The van der Waals surface area contributed by atoms with E-state index in [0.717, 1.165) is 31.0 Å². The van der Waals surface area contributed by atoms with Crippen LogP contribution in [0.15, 0.2) is 79.4 Å². The van der Waals surface area contributed by atoms with Crippen molar-refractivity contribution in [3.8, 4) is 28.0 Å². The number of hydrogen-bond acceptors (Lipinski definition) is 4. The van der Waals surface area contributed by atoms with Gasteiger partial charge >= 0.3 is 6.11 Å². The van der Waals surface area contributed by atoms with Crippen LogP contribution in [0.2, 0.25) is 0 Å². The first-order valence-corrected chi connectivity index (χ1v) is 15.4. The van der Waals surface area contributed by atoms with Gasteiger partial charge in [-0.3, -0.25) is 0 Å². The topological polar surface area (TPSA) is 36.9 Å². The SMILES string of the molecule is C=CCCc1ccc(OC(F)(F)c2c(F)cc(-c3ccc(-c4ccc(C5OCC(OCCCC)CO5)cc4F)cc3F)cc2F)cc1F. The van der Waals surface area contributed by atoms with Crippen molar-refractivity contribution in [2.45, 2.75) is 51.1 Å². The van der Waals surface area contributed by atoms with Gasteiger partial charge in [-0.15, -0.1) is 6.58 Å². The molecule has 4 nitrogen and oxygen atoms in total. The van der Waals surface area contributed by atoms with Crippen LogP contribution in [-0.2, 0) is 26.7 Å². The summed E-state index contributed by atoms with van der Waals surface area (Å²) in [6.45, 7) is 6.74. The van der Waals surface area contributed by atoms with E-state index in [-0.39, 0.29) is 53.6 Å². The van der Waals surface area contributed by atoms with Crippen LogP contribution < -0.4 is 4.74 Å². The van der Waals surface area contributed by atoms with E-state index in [9.17, 15) is 13.2 Å². The van der Waals surface area contributed by atoms with E-state index >= 15 is 17.6 Å². The lowest BCUT2D eigenvalue weighted by atomic mass is 9.97. The number of halogens is 7. The highest BCUT2D eigenvalue weighted by molar-refractivity contribution is 5.72. The van der Waals surface area contributed by atoms with Gasteiger partial charge in [-0.1, -0.05) is 49.8 Å². The molecule has 0 aromatic heterocycles. The zero-order chi connectivity index (χ0) is 34.4. The number of benzene rings is 4. The number of hydrogen-bond donors (Lipinski definition) is 0. The van der Waals surface area contributed by atoms with Gasteiger partial charge in [-0.2, -0.15) is 8.78 Å². The molecular formula is C37H33F7O4. The molecule has 0 bridgehead atoms. The monoisotopic (exact) mass is 674 g/mol. The third-order valence-electron chi connectivity index (χ3n) is 7.80. The molecule has 4 aromatic rings. The smallest absolute Gasteiger partial charge is 0.429 e. The van der Waals surface area contributed by atoms with Gasteiger partial charge in [0.1, 0.15) is 46.5 Å². The minimum Gasteiger partial charge on any atom is -0.429 e. The Bertz CT molecular complexity index is 1730. The molecule has 1 aliphatic rings. The molecule has 0 spiro atoms. The number of unbranched alkanes of at least 4 members (excludes halogenated alkanes) is 1. The van der Waals surface area contributed by atoms with Gasteiger partial charge in [0.25, 0.3) is 0 Å². The van der Waals surface area contributed by atoms with Crippen LogP contribution in [-0.4, -0.2) is 25.9 Å². The molecule has 0 aliphatic carbocycles. The molecule has 1 fully saturated rings. The maximum atomic E-state index is 15.3. The highest BCUT2D eigenvalue weighted by atomic mass is 19.3. The quantitative estimate of drug-likeness (QED) is 0.0804. The summed E-state index contributed by atoms with van der Waals surface area (Å²) in [5.41, 5.74) is -1.63. The van der Waals surface area contributed by atoms with E-state index in [0.29, 0.717) is 36.8 Å². The highest BCUT2D eigenvalue weighted by Crippen LogP contribution is 2.39. The summed E-state index contributed by atoms with van der Waals surface area (Å²) >= 11 is 0. The van der Waals surface area contributed by atoms with E-state index < -0.39 is 52.8 Å². The summed E-state index contributed by atoms with van der Waals surface area (Å²) in [5, 5.41) is 0. The summed E-state index contributed by atoms with van der Waals surface area (Å²) in [7, 11) is 0. The van der Waals surface area contributed by atoms with Gasteiger partial charge in [0, 0.05) is 29.4 Å². The first-order chi connectivity index (χ1) is 23.0. The van der Waals surface area contributed by atoms with Crippen LogP contribution >= 0.6 is 0 Å². The fraction of sp³-hybridized carbons (Fsp3) is 0.297. The van der Waals surface area contributed by atoms with E-state index in [1.165, 1.54) is 24.3 Å². The average Bonchev–Trinajstić information content (AvgIpc) is 3.04. The van der Waals surface area contributed by atoms with E-state index in [4.69, 9.17) is 14.2 Å². The van der Waals surface area contributed by atoms with Gasteiger partial charge in [0.15, 0.2) is 6.29 Å². The molecule has 0 atom stereocenters. The van der Waals surface area contributed by atoms with Crippen LogP contribution in [0.25, 0.3) is 22.3 Å². The predicted molar refractivity (Wildman–Crippen MR) is 166 cm³/mol. The summed E-state index contributed by atoms with van der Waals surface area (Å²) in [5.74, 6) is -6.58. The number of aryl methyl sites for hydroxylation is 1. The Morgan fingerprint density at radius 3 is 2.06 bits per heavy atom. The summed E-state index contributed by atoms with van der Waals surface area (Å²) < 4.78 is 126. The van der Waals surface area contributed by atoms with Crippen LogP contribution in [0.1, 0.15) is 49.2 Å². The molecule has 254 valence electrons. The molecule has 0 saturated carbocycles. The molecule has 0 radical (unpaired) electrons. The van der Waals surface area contributed by atoms with Crippen molar-refractivity contribution >= 4 is 0 Å². The molecule has 0 N–H and O–H groups in total. The molecular weight excluding hydrogens is 641 g/mol. The van der Waals surface area contributed by atoms with Gasteiger partial charge < -0.3 is 18.9 Å². The Balaban J connectivity index is 1.30. The predicted octanol–water partition coefficient (Wildman–Crippen LogP) is 10.2. The molecule has 1 aliphatic heterocycles. The lowest BCUT2D eigenvalue weighted by Gasteiger charge is -2.29. The van der Waals surface area contributed by atoms with Crippen molar-refractivity contribution < 1.29 is 49.7 Å². The molecule has 4 aromatic carbocycles. The second-order valence-electron chi connectivity index (χ2n) is 11.3. The van der Waals surface area contributed by atoms with Crippen molar-refractivity contribution in [1.82, 2.24) is 0 Å². The Morgan fingerprint density at radius 1 is 0.792 bits per heavy atom. The summed E-state index contributed by atoms with van der Waals surface area (Å²) in [6.07, 6.45) is -1.36. The fourth-order valence-electron chi connectivity index (χ4n) is 5.26.